The van der Waals surface area contributed by atoms with Crippen LogP contribution in [0.3, 0.4) is 0 Å². The van der Waals surface area contributed by atoms with Gasteiger partial charge in [-0.3, -0.25) is 15.6 Å². The predicted octanol–water partition coefficient (Wildman–Crippen LogP) is 2.16. The van der Waals surface area contributed by atoms with Crippen molar-refractivity contribution in [1.29, 1.82) is 0 Å². The number of carbonyl (C=O) groups is 1. The second-order valence-electron chi connectivity index (χ2n) is 5.27. The van der Waals surface area contributed by atoms with E-state index in [0.717, 1.165) is 5.56 Å². The lowest BCUT2D eigenvalue weighted by atomic mass is 10.1. The van der Waals surface area contributed by atoms with E-state index in [2.05, 4.69) is 16.2 Å². The van der Waals surface area contributed by atoms with Gasteiger partial charge < -0.3 is 19.5 Å². The molecule has 0 saturated heterocycles. The first kappa shape index (κ1) is 20.2. The zero-order valence-electron chi connectivity index (χ0n) is 15.1. The van der Waals surface area contributed by atoms with Crippen molar-refractivity contribution in [3.63, 3.8) is 0 Å². The lowest BCUT2D eigenvalue weighted by Crippen LogP contribution is -2.46. The third-order valence-corrected chi connectivity index (χ3v) is 3.85. The van der Waals surface area contributed by atoms with Crippen LogP contribution in [0, 0.1) is 5.82 Å². The van der Waals surface area contributed by atoms with Crippen molar-refractivity contribution in [2.24, 2.45) is 0 Å². The van der Waals surface area contributed by atoms with Crippen LogP contribution in [0.15, 0.2) is 36.4 Å². The normalized spacial score (nSPS) is 9.93. The third-order valence-electron chi connectivity index (χ3n) is 3.60. The highest BCUT2D eigenvalue weighted by Gasteiger charge is 2.20. The number of methoxy groups -OCH3 is 3. The Kier molecular flexibility index (Phi) is 7.18. The van der Waals surface area contributed by atoms with Crippen LogP contribution >= 0.6 is 12.2 Å². The van der Waals surface area contributed by atoms with E-state index in [1.165, 1.54) is 33.5 Å². The number of halogens is 1. The SMILES string of the molecule is COc1ccc(C(=O)NNC(=S)NCc2ccc(F)cc2)c(OC)c1OC. The first-order chi connectivity index (χ1) is 13.0. The van der Waals surface area contributed by atoms with E-state index in [1.54, 1.807) is 24.3 Å². The van der Waals surface area contributed by atoms with E-state index in [1.807, 2.05) is 0 Å². The molecule has 0 heterocycles. The van der Waals surface area contributed by atoms with Crippen LogP contribution in [0.5, 0.6) is 17.2 Å². The van der Waals surface area contributed by atoms with Gasteiger partial charge in [-0.15, -0.1) is 0 Å². The maximum atomic E-state index is 12.9. The topological polar surface area (TPSA) is 80.9 Å². The van der Waals surface area contributed by atoms with Crippen LogP contribution in [0.4, 0.5) is 4.39 Å². The number of hydrogen-bond donors (Lipinski definition) is 3. The van der Waals surface area contributed by atoms with Crippen LogP contribution in [0.1, 0.15) is 15.9 Å². The zero-order chi connectivity index (χ0) is 19.8. The molecule has 0 bridgehead atoms. The molecular formula is C18H20FN3O4S. The van der Waals surface area contributed by atoms with Crippen LogP contribution in [-0.4, -0.2) is 32.3 Å². The summed E-state index contributed by atoms with van der Waals surface area (Å²) in [7, 11) is 4.37. The molecule has 0 atom stereocenters. The summed E-state index contributed by atoms with van der Waals surface area (Å²) in [5, 5.41) is 3.10. The summed E-state index contributed by atoms with van der Waals surface area (Å²) in [6.45, 7) is 0.377. The molecule has 2 aromatic carbocycles. The summed E-state index contributed by atoms with van der Waals surface area (Å²) in [6, 6.07) is 9.14. The molecule has 7 nitrogen and oxygen atoms in total. The number of amides is 1. The standard InChI is InChI=1S/C18H20FN3O4S/c1-24-14-9-8-13(15(25-2)16(14)26-3)17(23)21-22-18(27)20-10-11-4-6-12(19)7-5-11/h4-9H,10H2,1-3H3,(H,21,23)(H2,20,22,27). The minimum Gasteiger partial charge on any atom is -0.493 e. The highest BCUT2D eigenvalue weighted by molar-refractivity contribution is 7.80. The Morgan fingerprint density at radius 3 is 2.22 bits per heavy atom. The highest BCUT2D eigenvalue weighted by Crippen LogP contribution is 2.39. The Labute approximate surface area is 161 Å². The molecule has 0 aromatic heterocycles. The molecule has 144 valence electrons. The molecule has 2 rings (SSSR count). The number of ether oxygens (including phenoxy) is 3. The van der Waals surface area contributed by atoms with Gasteiger partial charge in [0.2, 0.25) is 5.75 Å². The third kappa shape index (κ3) is 5.20. The average molecular weight is 393 g/mol. The van der Waals surface area contributed by atoms with E-state index in [-0.39, 0.29) is 22.2 Å². The molecule has 1 amide bonds. The molecule has 0 radical (unpaired) electrons. The number of rotatable bonds is 6. The fraction of sp³-hybridized carbons (Fsp3) is 0.222. The molecule has 0 spiro atoms. The Hall–Kier alpha value is -3.07. The van der Waals surface area contributed by atoms with Crippen LogP contribution in [0.2, 0.25) is 0 Å². The number of thiocarbonyl (C=S) groups is 1. The van der Waals surface area contributed by atoms with E-state index >= 15 is 0 Å². The minimum atomic E-state index is -0.473. The second-order valence-corrected chi connectivity index (χ2v) is 5.68. The summed E-state index contributed by atoms with van der Waals surface area (Å²) in [4.78, 5) is 12.4. The average Bonchev–Trinajstić information content (AvgIpc) is 2.70. The van der Waals surface area contributed by atoms with Crippen molar-refractivity contribution < 1.29 is 23.4 Å². The maximum Gasteiger partial charge on any atom is 0.273 e. The van der Waals surface area contributed by atoms with E-state index in [0.29, 0.717) is 18.0 Å². The Morgan fingerprint density at radius 1 is 0.963 bits per heavy atom. The lowest BCUT2D eigenvalue weighted by molar-refractivity contribution is 0.0940. The Morgan fingerprint density at radius 2 is 1.63 bits per heavy atom. The number of carbonyl (C=O) groups excluding carboxylic acids is 1. The number of hydrazine groups is 1. The number of nitrogens with one attached hydrogen (secondary N) is 3. The van der Waals surface area contributed by atoms with Gasteiger partial charge in [-0.05, 0) is 42.0 Å². The van der Waals surface area contributed by atoms with Crippen molar-refractivity contribution in [2.45, 2.75) is 6.54 Å². The summed E-state index contributed by atoms with van der Waals surface area (Å²) in [6.07, 6.45) is 0. The first-order valence-corrected chi connectivity index (χ1v) is 8.28. The maximum absolute atomic E-state index is 12.9. The van der Waals surface area contributed by atoms with Gasteiger partial charge in [0.05, 0.1) is 26.9 Å². The molecular weight excluding hydrogens is 373 g/mol. The van der Waals surface area contributed by atoms with Crippen molar-refractivity contribution in [1.82, 2.24) is 16.2 Å². The van der Waals surface area contributed by atoms with Gasteiger partial charge in [0.15, 0.2) is 16.6 Å². The lowest BCUT2D eigenvalue weighted by Gasteiger charge is -2.16. The second kappa shape index (κ2) is 9.58. The summed E-state index contributed by atoms with van der Waals surface area (Å²) >= 11 is 5.11. The van der Waals surface area contributed by atoms with Gasteiger partial charge in [-0.25, -0.2) is 4.39 Å². The van der Waals surface area contributed by atoms with E-state index in [4.69, 9.17) is 26.4 Å². The molecule has 0 saturated carbocycles. The monoisotopic (exact) mass is 393 g/mol. The minimum absolute atomic E-state index is 0.201. The summed E-state index contributed by atoms with van der Waals surface area (Å²) in [5.41, 5.74) is 6.16. The zero-order valence-corrected chi connectivity index (χ0v) is 15.9. The van der Waals surface area contributed by atoms with Gasteiger partial charge >= 0.3 is 0 Å². The Bertz CT molecular complexity index is 815. The number of hydrogen-bond acceptors (Lipinski definition) is 5. The van der Waals surface area contributed by atoms with Crippen molar-refractivity contribution in [3.8, 4) is 17.2 Å². The van der Waals surface area contributed by atoms with Crippen LogP contribution < -0.4 is 30.4 Å². The molecule has 0 aliphatic rings. The molecule has 0 fully saturated rings. The van der Waals surface area contributed by atoms with E-state index < -0.39 is 5.91 Å². The van der Waals surface area contributed by atoms with Crippen molar-refractivity contribution in [3.05, 3.63) is 53.3 Å². The van der Waals surface area contributed by atoms with Gasteiger partial charge in [0, 0.05) is 6.54 Å². The van der Waals surface area contributed by atoms with Gasteiger partial charge in [-0.1, -0.05) is 12.1 Å². The highest BCUT2D eigenvalue weighted by atomic mass is 32.1. The van der Waals surface area contributed by atoms with Crippen LogP contribution in [0.25, 0.3) is 0 Å². The summed E-state index contributed by atoms with van der Waals surface area (Å²) < 4.78 is 28.6. The molecule has 0 aliphatic carbocycles. The number of benzene rings is 2. The molecule has 0 unspecified atom stereocenters. The van der Waals surface area contributed by atoms with Gasteiger partial charge in [0.25, 0.3) is 5.91 Å². The van der Waals surface area contributed by atoms with Crippen molar-refractivity contribution in [2.75, 3.05) is 21.3 Å². The Balaban J connectivity index is 1.96. The molecule has 2 aromatic rings. The fourth-order valence-electron chi connectivity index (χ4n) is 2.29. The first-order valence-electron chi connectivity index (χ1n) is 7.87. The van der Waals surface area contributed by atoms with Crippen LogP contribution in [-0.2, 0) is 6.54 Å². The van der Waals surface area contributed by atoms with Crippen molar-refractivity contribution >= 4 is 23.2 Å². The fourth-order valence-corrected chi connectivity index (χ4v) is 2.41. The largest absolute Gasteiger partial charge is 0.493 e. The predicted molar refractivity (Wildman–Crippen MR) is 103 cm³/mol. The molecule has 3 N–H and O–H groups in total. The van der Waals surface area contributed by atoms with Gasteiger partial charge in [-0.2, -0.15) is 0 Å². The molecule has 9 heteroatoms. The quantitative estimate of drug-likeness (QED) is 0.513. The smallest absolute Gasteiger partial charge is 0.273 e. The molecule has 0 aliphatic heterocycles. The molecule has 27 heavy (non-hydrogen) atoms. The van der Waals surface area contributed by atoms with E-state index in [9.17, 15) is 9.18 Å². The summed E-state index contributed by atoms with van der Waals surface area (Å²) in [5.74, 6) is 0.204. The van der Waals surface area contributed by atoms with Gasteiger partial charge in [0.1, 0.15) is 5.82 Å².